The number of sulfonamides is 1. The van der Waals surface area contributed by atoms with Crippen LogP contribution in [0.15, 0.2) is 23.1 Å². The lowest BCUT2D eigenvalue weighted by Crippen LogP contribution is -2.55. The Morgan fingerprint density at radius 2 is 1.90 bits per heavy atom. The molecule has 2 N–H and O–H groups in total. The number of hydrogen-bond acceptors (Lipinski definition) is 5. The molecule has 0 aromatic heterocycles. The van der Waals surface area contributed by atoms with Gasteiger partial charge in [0.15, 0.2) is 11.5 Å². The number of methoxy groups -OCH3 is 2. The third kappa shape index (κ3) is 2.74. The van der Waals surface area contributed by atoms with Gasteiger partial charge in [-0.2, -0.15) is 0 Å². The molecule has 1 aromatic rings. The summed E-state index contributed by atoms with van der Waals surface area (Å²) in [4.78, 5) is 0.0925. The fourth-order valence-corrected chi connectivity index (χ4v) is 3.69. The molecule has 1 fully saturated rings. The summed E-state index contributed by atoms with van der Waals surface area (Å²) >= 11 is 0. The summed E-state index contributed by atoms with van der Waals surface area (Å²) in [6.45, 7) is -0.195. The summed E-state index contributed by atoms with van der Waals surface area (Å²) in [5.41, 5.74) is -0.716. The van der Waals surface area contributed by atoms with E-state index in [4.69, 9.17) is 9.47 Å². The van der Waals surface area contributed by atoms with Gasteiger partial charge in [-0.25, -0.2) is 13.1 Å². The minimum Gasteiger partial charge on any atom is -0.493 e. The van der Waals surface area contributed by atoms with Gasteiger partial charge in [0.25, 0.3) is 0 Å². The Morgan fingerprint density at radius 1 is 1.25 bits per heavy atom. The predicted molar refractivity (Wildman–Crippen MR) is 73.5 cm³/mol. The van der Waals surface area contributed by atoms with E-state index in [2.05, 4.69) is 4.72 Å². The van der Waals surface area contributed by atoms with Crippen molar-refractivity contribution >= 4 is 10.0 Å². The molecule has 0 radical (unpaired) electrons. The van der Waals surface area contributed by atoms with E-state index in [0.29, 0.717) is 24.3 Å². The maximum Gasteiger partial charge on any atom is 0.241 e. The van der Waals surface area contributed by atoms with Crippen molar-refractivity contribution in [1.82, 2.24) is 4.72 Å². The number of hydrogen-bond donors (Lipinski definition) is 2. The summed E-state index contributed by atoms with van der Waals surface area (Å²) in [6.07, 6.45) is 2.21. The van der Waals surface area contributed by atoms with Gasteiger partial charge >= 0.3 is 0 Å². The molecule has 0 aliphatic heterocycles. The van der Waals surface area contributed by atoms with Gasteiger partial charge in [-0.3, -0.25) is 0 Å². The maximum atomic E-state index is 12.3. The van der Waals surface area contributed by atoms with E-state index in [1.165, 1.54) is 26.4 Å². The van der Waals surface area contributed by atoms with Crippen LogP contribution in [0.4, 0.5) is 0 Å². The molecule has 0 bridgehead atoms. The van der Waals surface area contributed by atoms with Crippen LogP contribution in [0.1, 0.15) is 19.3 Å². The van der Waals surface area contributed by atoms with Crippen LogP contribution in [0.25, 0.3) is 0 Å². The largest absolute Gasteiger partial charge is 0.493 e. The molecular weight excluding hydrogens is 282 g/mol. The molecule has 1 saturated carbocycles. The third-order valence-corrected chi connectivity index (χ3v) is 5.21. The van der Waals surface area contributed by atoms with Crippen molar-refractivity contribution < 1.29 is 23.0 Å². The lowest BCUT2D eigenvalue weighted by Gasteiger charge is -2.40. The van der Waals surface area contributed by atoms with Crippen LogP contribution in [0, 0.1) is 0 Å². The molecule has 0 atom stereocenters. The molecule has 0 amide bonds. The molecule has 0 spiro atoms. The number of rotatable bonds is 6. The third-order valence-electron chi connectivity index (χ3n) is 3.63. The Bertz CT molecular complexity index is 575. The van der Waals surface area contributed by atoms with Gasteiger partial charge in [0.1, 0.15) is 0 Å². The second-order valence-corrected chi connectivity index (χ2v) is 6.60. The van der Waals surface area contributed by atoms with Gasteiger partial charge < -0.3 is 14.6 Å². The molecule has 1 aliphatic rings. The zero-order valence-corrected chi connectivity index (χ0v) is 12.4. The van der Waals surface area contributed by atoms with Crippen LogP contribution < -0.4 is 14.2 Å². The van der Waals surface area contributed by atoms with Gasteiger partial charge in [0.2, 0.25) is 10.0 Å². The van der Waals surface area contributed by atoms with Crippen molar-refractivity contribution in [3.05, 3.63) is 18.2 Å². The first-order valence-electron chi connectivity index (χ1n) is 6.33. The van der Waals surface area contributed by atoms with E-state index in [1.807, 2.05) is 0 Å². The van der Waals surface area contributed by atoms with Gasteiger partial charge in [0.05, 0.1) is 31.3 Å². The van der Waals surface area contributed by atoms with Gasteiger partial charge in [-0.1, -0.05) is 0 Å². The molecule has 7 heteroatoms. The van der Waals surface area contributed by atoms with Crippen LogP contribution in [0.2, 0.25) is 0 Å². The first-order valence-corrected chi connectivity index (χ1v) is 7.81. The molecule has 1 aromatic carbocycles. The Kier molecular flexibility index (Phi) is 4.22. The zero-order chi connectivity index (χ0) is 14.8. The highest BCUT2D eigenvalue weighted by Gasteiger charge is 2.40. The summed E-state index contributed by atoms with van der Waals surface area (Å²) in [6, 6.07) is 4.40. The molecule has 1 aliphatic carbocycles. The fraction of sp³-hybridized carbons (Fsp3) is 0.538. The Hall–Kier alpha value is -1.31. The number of nitrogens with one attached hydrogen (secondary N) is 1. The van der Waals surface area contributed by atoms with Crippen molar-refractivity contribution in [2.24, 2.45) is 0 Å². The Morgan fingerprint density at radius 3 is 2.35 bits per heavy atom. The van der Waals surface area contributed by atoms with E-state index in [-0.39, 0.29) is 11.5 Å². The van der Waals surface area contributed by atoms with Crippen LogP contribution in [-0.2, 0) is 10.0 Å². The topological polar surface area (TPSA) is 84.9 Å². The van der Waals surface area contributed by atoms with E-state index in [0.717, 1.165) is 6.42 Å². The lowest BCUT2D eigenvalue weighted by molar-refractivity contribution is 0.110. The van der Waals surface area contributed by atoms with Crippen molar-refractivity contribution in [2.45, 2.75) is 29.7 Å². The van der Waals surface area contributed by atoms with Crippen LogP contribution in [0.3, 0.4) is 0 Å². The van der Waals surface area contributed by atoms with Gasteiger partial charge in [0, 0.05) is 6.07 Å². The van der Waals surface area contributed by atoms with E-state index in [9.17, 15) is 13.5 Å². The number of benzene rings is 1. The molecule has 0 unspecified atom stereocenters. The second kappa shape index (κ2) is 5.59. The quantitative estimate of drug-likeness (QED) is 0.815. The summed E-state index contributed by atoms with van der Waals surface area (Å²) < 4.78 is 37.5. The number of ether oxygens (including phenoxy) is 2. The predicted octanol–water partition coefficient (Wildman–Crippen LogP) is 0.897. The highest BCUT2D eigenvalue weighted by Crippen LogP contribution is 2.34. The van der Waals surface area contributed by atoms with Crippen molar-refractivity contribution in [3.8, 4) is 11.5 Å². The molecule has 0 heterocycles. The standard InChI is InChI=1S/C13H19NO5S/c1-18-11-5-4-10(8-12(11)19-2)20(16,17)14-13(9-15)6-3-7-13/h4-5,8,14-15H,3,6-7,9H2,1-2H3. The minimum atomic E-state index is -3.69. The molecule has 0 saturated heterocycles. The fourth-order valence-electron chi connectivity index (χ4n) is 2.22. The first kappa shape index (κ1) is 15.1. The summed E-state index contributed by atoms with van der Waals surface area (Å²) in [5, 5.41) is 9.36. The highest BCUT2D eigenvalue weighted by molar-refractivity contribution is 7.89. The van der Waals surface area contributed by atoms with Gasteiger partial charge in [-0.05, 0) is 31.4 Å². The van der Waals surface area contributed by atoms with Crippen LogP contribution in [-0.4, -0.2) is 39.9 Å². The minimum absolute atomic E-state index is 0.0925. The number of aliphatic hydroxyl groups excluding tert-OH is 1. The molecule has 20 heavy (non-hydrogen) atoms. The highest BCUT2D eigenvalue weighted by atomic mass is 32.2. The van der Waals surface area contributed by atoms with Crippen molar-refractivity contribution in [2.75, 3.05) is 20.8 Å². The van der Waals surface area contributed by atoms with E-state index in [1.54, 1.807) is 6.07 Å². The average molecular weight is 301 g/mol. The normalized spacial score (nSPS) is 17.4. The van der Waals surface area contributed by atoms with E-state index < -0.39 is 15.6 Å². The summed E-state index contributed by atoms with van der Waals surface area (Å²) in [7, 11) is -0.761. The summed E-state index contributed by atoms with van der Waals surface area (Å²) in [5.74, 6) is 0.814. The van der Waals surface area contributed by atoms with Crippen LogP contribution in [0.5, 0.6) is 11.5 Å². The van der Waals surface area contributed by atoms with Gasteiger partial charge in [-0.15, -0.1) is 0 Å². The second-order valence-electron chi connectivity index (χ2n) is 4.91. The zero-order valence-electron chi connectivity index (χ0n) is 11.5. The smallest absolute Gasteiger partial charge is 0.241 e. The average Bonchev–Trinajstić information content (AvgIpc) is 2.42. The first-order chi connectivity index (χ1) is 9.46. The van der Waals surface area contributed by atoms with E-state index >= 15 is 0 Å². The Balaban J connectivity index is 2.30. The Labute approximate surface area is 118 Å². The lowest BCUT2D eigenvalue weighted by atomic mass is 9.78. The van der Waals surface area contributed by atoms with Crippen molar-refractivity contribution in [1.29, 1.82) is 0 Å². The molecule has 6 nitrogen and oxygen atoms in total. The monoisotopic (exact) mass is 301 g/mol. The van der Waals surface area contributed by atoms with Crippen molar-refractivity contribution in [3.63, 3.8) is 0 Å². The molecule has 2 rings (SSSR count). The number of aliphatic hydroxyl groups is 1. The SMILES string of the molecule is COc1ccc(S(=O)(=O)NC2(CO)CCC2)cc1OC. The maximum absolute atomic E-state index is 12.3. The van der Waals surface area contributed by atoms with Crippen LogP contribution >= 0.6 is 0 Å². The molecular formula is C13H19NO5S. The molecule has 112 valence electrons.